The molecule has 6 heavy (non-hydrogen) atoms. The van der Waals surface area contributed by atoms with E-state index in [0.717, 1.165) is 5.72 Å². The first-order chi connectivity index (χ1) is 2.89. The summed E-state index contributed by atoms with van der Waals surface area (Å²) >= 11 is 0. The van der Waals surface area contributed by atoms with Crippen LogP contribution in [0.1, 0.15) is 6.92 Å². The predicted molar refractivity (Wildman–Crippen MR) is 35.2 cm³/mol. The van der Waals surface area contributed by atoms with Crippen LogP contribution in [0.2, 0.25) is 5.72 Å². The van der Waals surface area contributed by atoms with Crippen molar-refractivity contribution in [1.29, 1.82) is 0 Å². The van der Waals surface area contributed by atoms with Crippen molar-refractivity contribution in [3.05, 3.63) is 0 Å². The van der Waals surface area contributed by atoms with Crippen LogP contribution in [0.15, 0.2) is 0 Å². The van der Waals surface area contributed by atoms with Crippen molar-refractivity contribution in [2.24, 2.45) is 0 Å². The van der Waals surface area contributed by atoms with Gasteiger partial charge >= 0.3 is 40.4 Å². The number of hydrogen-bond acceptors (Lipinski definition) is 0. The first-order valence-electron chi connectivity index (χ1n) is 2.54. The molecule has 0 bridgehead atoms. The average Bonchev–Trinajstić information content (AvgIpc) is 1.86. The van der Waals surface area contributed by atoms with Gasteiger partial charge in [-0.3, -0.25) is 0 Å². The molecule has 0 unspecified atom stereocenters. The van der Waals surface area contributed by atoms with Crippen LogP contribution in [0, 0.1) is 0 Å². The van der Waals surface area contributed by atoms with E-state index in [0.29, 0.717) is 0 Å². The second-order valence-electron chi connectivity index (χ2n) is 2.05. The van der Waals surface area contributed by atoms with Crippen LogP contribution >= 0.6 is 0 Å². The Bertz CT molecular complexity index is 59.9. The molecule has 0 saturated carbocycles. The Morgan fingerprint density at radius 1 is 1.33 bits per heavy atom. The molecule has 1 aliphatic heterocycles. The van der Waals surface area contributed by atoms with E-state index < -0.39 is 0 Å². The van der Waals surface area contributed by atoms with E-state index >= 15 is 0 Å². The molecule has 1 aliphatic rings. The van der Waals surface area contributed by atoms with Gasteiger partial charge in [0.1, 0.15) is 0 Å². The van der Waals surface area contributed by atoms with Crippen LogP contribution in [0.25, 0.3) is 0 Å². The van der Waals surface area contributed by atoms with Crippen molar-refractivity contribution in [3.8, 4) is 0 Å². The molecule has 0 atom stereocenters. The van der Waals surface area contributed by atoms with Crippen LogP contribution in [0.3, 0.4) is 0 Å². The molecule has 0 N–H and O–H groups in total. The van der Waals surface area contributed by atoms with E-state index in [1.165, 1.54) is 14.3 Å². The first kappa shape index (κ1) is 4.42. The molecule has 1 heterocycles. The third-order valence-corrected chi connectivity index (χ3v) is 1.24. The van der Waals surface area contributed by atoms with Gasteiger partial charge in [-0.15, -0.1) is 0 Å². The van der Waals surface area contributed by atoms with Crippen LogP contribution in [-0.4, -0.2) is 27.7 Å². The van der Waals surface area contributed by atoms with Gasteiger partial charge in [0.15, 0.2) is 0 Å². The summed E-state index contributed by atoms with van der Waals surface area (Å²) in [5.41, 5.74) is 0.935. The van der Waals surface area contributed by atoms with Crippen molar-refractivity contribution in [2.75, 3.05) is 0 Å². The predicted octanol–water partition coefficient (Wildman–Crippen LogP) is -1.21. The van der Waals surface area contributed by atoms with E-state index in [2.05, 4.69) is 20.3 Å². The maximum absolute atomic E-state index is 2.28. The monoisotopic (exact) mass is 74.1 g/mol. The Labute approximate surface area is 41.3 Å². The summed E-state index contributed by atoms with van der Waals surface area (Å²) in [6, 6.07) is 0. The Balaban J connectivity index is 2.32. The van der Waals surface area contributed by atoms with Crippen LogP contribution in [-0.2, 0) is 0 Å². The standard InChI is InChI=1S/C2H6B4/c1-2-3-5-6-4-2/h2-4H,1H3. The van der Waals surface area contributed by atoms with E-state index in [9.17, 15) is 0 Å². The quantitative estimate of drug-likeness (QED) is 0.316. The van der Waals surface area contributed by atoms with Gasteiger partial charge in [-0.2, -0.15) is 0 Å². The Morgan fingerprint density at radius 2 is 1.83 bits per heavy atom. The molecule has 0 saturated heterocycles. The number of hydrogen-bond donors (Lipinski definition) is 0. The zero-order valence-electron chi connectivity index (χ0n) is 4.15. The molecule has 1 rings (SSSR count). The van der Waals surface area contributed by atoms with E-state index in [1.54, 1.807) is 0 Å². The van der Waals surface area contributed by atoms with Gasteiger partial charge in [0.05, 0.1) is 0 Å². The van der Waals surface area contributed by atoms with Crippen molar-refractivity contribution in [1.82, 2.24) is 0 Å². The van der Waals surface area contributed by atoms with Crippen LogP contribution in [0.4, 0.5) is 0 Å². The summed E-state index contributed by atoms with van der Waals surface area (Å²) in [5, 5.41) is 0. The second-order valence-corrected chi connectivity index (χ2v) is 2.05. The summed E-state index contributed by atoms with van der Waals surface area (Å²) in [7, 11) is 2.61. The summed E-state index contributed by atoms with van der Waals surface area (Å²) in [5.74, 6) is 0. The van der Waals surface area contributed by atoms with Crippen LogP contribution < -0.4 is 0 Å². The molecule has 0 fully saturated rings. The van der Waals surface area contributed by atoms with Gasteiger partial charge in [0, 0.05) is 0 Å². The molecule has 0 aromatic rings. The molecule has 0 radical (unpaired) electrons. The average molecular weight is 73.3 g/mol. The van der Waals surface area contributed by atoms with Crippen LogP contribution in [0.5, 0.6) is 0 Å². The minimum absolute atomic E-state index is 0.935. The van der Waals surface area contributed by atoms with Crippen molar-refractivity contribution >= 4 is 27.7 Å². The van der Waals surface area contributed by atoms with Gasteiger partial charge in [-0.25, -0.2) is 0 Å². The summed E-state index contributed by atoms with van der Waals surface area (Å²) in [4.78, 5) is 0. The summed E-state index contributed by atoms with van der Waals surface area (Å²) in [6.07, 6.45) is 0. The number of rotatable bonds is 0. The second kappa shape index (κ2) is 1.81. The van der Waals surface area contributed by atoms with Crippen molar-refractivity contribution < 1.29 is 0 Å². The van der Waals surface area contributed by atoms with Gasteiger partial charge in [0.25, 0.3) is 0 Å². The molecule has 0 aromatic heterocycles. The van der Waals surface area contributed by atoms with Crippen molar-refractivity contribution in [2.45, 2.75) is 12.6 Å². The molecule has 0 nitrogen and oxygen atoms in total. The zero-order chi connectivity index (χ0) is 4.41. The fourth-order valence-corrected chi connectivity index (χ4v) is 0.753. The molecule has 0 amide bonds. The van der Waals surface area contributed by atoms with Gasteiger partial charge in [-0.05, 0) is 0 Å². The molecule has 26 valence electrons. The third-order valence-electron chi connectivity index (χ3n) is 1.24. The minimum atomic E-state index is 0.935. The Kier molecular flexibility index (Phi) is 1.33. The van der Waals surface area contributed by atoms with E-state index in [-0.39, 0.29) is 0 Å². The van der Waals surface area contributed by atoms with Gasteiger partial charge in [0.2, 0.25) is 0 Å². The SMILES string of the molecule is CC1BB=BB1. The summed E-state index contributed by atoms with van der Waals surface area (Å²) in [6.45, 7) is 6.79. The maximum atomic E-state index is 2.28. The first-order valence-corrected chi connectivity index (χ1v) is 2.54. The van der Waals surface area contributed by atoms with E-state index in [1.807, 2.05) is 0 Å². The Hall–Kier alpha value is 0.260. The zero-order valence-corrected chi connectivity index (χ0v) is 4.15. The third kappa shape index (κ3) is 0.859. The van der Waals surface area contributed by atoms with Crippen molar-refractivity contribution in [3.63, 3.8) is 0 Å². The summed E-state index contributed by atoms with van der Waals surface area (Å²) < 4.78 is 0. The van der Waals surface area contributed by atoms with Gasteiger partial charge < -0.3 is 0 Å². The normalized spacial score (nSPS) is 17.5. The molecule has 0 aliphatic carbocycles. The van der Waals surface area contributed by atoms with Gasteiger partial charge in [-0.1, -0.05) is 0 Å². The van der Waals surface area contributed by atoms with E-state index in [4.69, 9.17) is 0 Å². The fourth-order valence-electron chi connectivity index (χ4n) is 0.753. The molecule has 4 heteroatoms. The molecular weight excluding hydrogens is 67.3 g/mol. The molecular formula is C2H6B4. The Morgan fingerprint density at radius 3 is 2.00 bits per heavy atom. The fraction of sp³-hybridized carbons (Fsp3) is 1.00. The topological polar surface area (TPSA) is 0 Å². The molecule has 0 spiro atoms. The molecule has 0 aromatic carbocycles.